The number of hydrogen-bond donors (Lipinski definition) is 3. The predicted molar refractivity (Wildman–Crippen MR) is 124 cm³/mol. The number of fused-ring (bicyclic) bond motifs is 1. The molecule has 9 nitrogen and oxygen atoms in total. The molecule has 0 bridgehead atoms. The number of nitrogens with one attached hydrogen (secondary N) is 2. The molecule has 1 aliphatic rings. The average Bonchev–Trinajstić information content (AvgIpc) is 3.59. The molecule has 1 saturated carbocycles. The molecule has 5 rings (SSSR count). The summed E-state index contributed by atoms with van der Waals surface area (Å²) in [5, 5.41) is 6.74. The summed E-state index contributed by atoms with van der Waals surface area (Å²) >= 11 is 0. The minimum atomic E-state index is 0.456. The normalized spacial score (nSPS) is 14.3. The third kappa shape index (κ3) is 4.29. The van der Waals surface area contributed by atoms with Crippen LogP contribution in [0, 0.1) is 0 Å². The van der Waals surface area contributed by atoms with Gasteiger partial charge in [-0.05, 0) is 49.6 Å². The number of aromatic nitrogens is 5. The molecule has 0 saturated heterocycles. The largest absolute Gasteiger partial charge is 0.463 e. The van der Waals surface area contributed by atoms with E-state index >= 15 is 0 Å². The van der Waals surface area contributed by atoms with Crippen LogP contribution in [-0.4, -0.2) is 37.6 Å². The number of nitrogens with zero attached hydrogens (tertiary/aromatic N) is 5. The first kappa shape index (κ1) is 20.4. The van der Waals surface area contributed by atoms with Gasteiger partial charge in [-0.25, -0.2) is 4.98 Å². The lowest BCUT2D eigenvalue weighted by Gasteiger charge is -2.14. The lowest BCUT2D eigenvalue weighted by atomic mass is 10.2. The minimum Gasteiger partial charge on any atom is -0.463 e. The van der Waals surface area contributed by atoms with Gasteiger partial charge < -0.3 is 25.4 Å². The number of anilines is 2. The van der Waals surface area contributed by atoms with Crippen LogP contribution in [0.25, 0.3) is 22.6 Å². The minimum absolute atomic E-state index is 0.456. The molecule has 4 heterocycles. The molecule has 0 aliphatic heterocycles. The Labute approximate surface area is 186 Å². The van der Waals surface area contributed by atoms with Crippen molar-refractivity contribution in [2.24, 2.45) is 5.73 Å². The number of nitrogens with two attached hydrogens (primary N) is 1. The molecule has 4 aromatic rings. The molecule has 166 valence electrons. The molecule has 0 spiro atoms. The lowest BCUT2D eigenvalue weighted by Crippen LogP contribution is -2.13. The number of imidazole rings is 1. The third-order valence-corrected chi connectivity index (χ3v) is 5.86. The van der Waals surface area contributed by atoms with E-state index in [2.05, 4.69) is 25.2 Å². The molecule has 1 aliphatic carbocycles. The van der Waals surface area contributed by atoms with Crippen LogP contribution in [0.15, 0.2) is 47.5 Å². The fourth-order valence-corrected chi connectivity index (χ4v) is 4.16. The Morgan fingerprint density at radius 2 is 2.00 bits per heavy atom. The highest BCUT2D eigenvalue weighted by Crippen LogP contribution is 2.33. The second-order valence-corrected chi connectivity index (χ2v) is 8.11. The van der Waals surface area contributed by atoms with Crippen molar-refractivity contribution in [3.05, 3.63) is 48.6 Å². The van der Waals surface area contributed by atoms with Gasteiger partial charge in [0.15, 0.2) is 22.7 Å². The maximum absolute atomic E-state index is 5.64. The van der Waals surface area contributed by atoms with Gasteiger partial charge in [0.05, 0.1) is 12.6 Å². The summed E-state index contributed by atoms with van der Waals surface area (Å²) in [6.45, 7) is 1.94. The van der Waals surface area contributed by atoms with Crippen LogP contribution in [0.3, 0.4) is 0 Å². The molecule has 0 atom stereocenters. The maximum Gasteiger partial charge on any atom is 0.226 e. The van der Waals surface area contributed by atoms with Crippen molar-refractivity contribution in [3.8, 4) is 11.5 Å². The number of pyridine rings is 1. The lowest BCUT2D eigenvalue weighted by molar-refractivity contribution is 0.529. The van der Waals surface area contributed by atoms with Crippen molar-refractivity contribution in [1.29, 1.82) is 0 Å². The van der Waals surface area contributed by atoms with Gasteiger partial charge in [-0.2, -0.15) is 9.97 Å². The fourth-order valence-electron chi connectivity index (χ4n) is 4.16. The van der Waals surface area contributed by atoms with Crippen LogP contribution in [0.5, 0.6) is 0 Å². The van der Waals surface area contributed by atoms with E-state index < -0.39 is 0 Å². The second kappa shape index (κ2) is 9.35. The van der Waals surface area contributed by atoms with Gasteiger partial charge in [0.1, 0.15) is 5.69 Å². The summed E-state index contributed by atoms with van der Waals surface area (Å²) in [5.74, 6) is 2.07. The second-order valence-electron chi connectivity index (χ2n) is 8.11. The number of furan rings is 1. The van der Waals surface area contributed by atoms with Crippen LogP contribution < -0.4 is 16.4 Å². The van der Waals surface area contributed by atoms with Gasteiger partial charge in [0, 0.05) is 25.3 Å². The van der Waals surface area contributed by atoms with E-state index in [1.165, 1.54) is 25.7 Å². The topological polar surface area (TPSA) is 120 Å². The quantitative estimate of drug-likeness (QED) is 0.340. The molecule has 0 aromatic carbocycles. The van der Waals surface area contributed by atoms with Crippen LogP contribution in [0.1, 0.15) is 43.7 Å². The standard InChI is InChI=1S/C23H28N8O/c24-10-4-11-25-23-29-21(20-22(30-23)31(15-28-20)17-5-1-2-6-17)27-14-16-8-9-18(26-13-16)19-7-3-12-32-19/h3,7-9,12-13,15,17H,1-2,4-6,10-11,14,24H2,(H2,25,27,29,30). The van der Waals surface area contributed by atoms with Gasteiger partial charge in [0.2, 0.25) is 5.95 Å². The van der Waals surface area contributed by atoms with Crippen LogP contribution >= 0.6 is 0 Å². The first-order valence-corrected chi connectivity index (χ1v) is 11.2. The van der Waals surface area contributed by atoms with Crippen LogP contribution in [0.4, 0.5) is 11.8 Å². The Morgan fingerprint density at radius 3 is 2.75 bits per heavy atom. The first-order valence-electron chi connectivity index (χ1n) is 11.2. The number of hydrogen-bond acceptors (Lipinski definition) is 8. The molecule has 1 fully saturated rings. The van der Waals surface area contributed by atoms with Crippen LogP contribution in [-0.2, 0) is 6.54 Å². The molecule has 32 heavy (non-hydrogen) atoms. The third-order valence-electron chi connectivity index (χ3n) is 5.86. The van der Waals surface area contributed by atoms with Gasteiger partial charge in [-0.1, -0.05) is 18.9 Å². The van der Waals surface area contributed by atoms with Crippen molar-refractivity contribution in [1.82, 2.24) is 24.5 Å². The highest BCUT2D eigenvalue weighted by molar-refractivity contribution is 5.84. The molecule has 4 N–H and O–H groups in total. The molecular formula is C23H28N8O. The van der Waals surface area contributed by atoms with Gasteiger partial charge in [0.25, 0.3) is 0 Å². The zero-order valence-corrected chi connectivity index (χ0v) is 18.0. The average molecular weight is 433 g/mol. The Balaban J connectivity index is 1.39. The number of rotatable bonds is 9. The highest BCUT2D eigenvalue weighted by Gasteiger charge is 2.21. The van der Waals surface area contributed by atoms with E-state index in [0.717, 1.165) is 47.0 Å². The summed E-state index contributed by atoms with van der Waals surface area (Å²) in [5.41, 5.74) is 9.15. The van der Waals surface area contributed by atoms with Crippen molar-refractivity contribution < 1.29 is 4.42 Å². The molecule has 9 heteroatoms. The Morgan fingerprint density at radius 1 is 1.09 bits per heavy atom. The Bertz CT molecular complexity index is 1150. The van der Waals surface area contributed by atoms with Crippen LogP contribution in [0.2, 0.25) is 0 Å². The summed E-state index contributed by atoms with van der Waals surface area (Å²) in [6, 6.07) is 8.21. The molecule has 0 amide bonds. The molecule has 0 radical (unpaired) electrons. The summed E-state index contributed by atoms with van der Waals surface area (Å²) < 4.78 is 7.63. The molecule has 4 aromatic heterocycles. The van der Waals surface area contributed by atoms with E-state index in [9.17, 15) is 0 Å². The first-order chi connectivity index (χ1) is 15.8. The fraction of sp³-hybridized carbons (Fsp3) is 0.391. The zero-order chi connectivity index (χ0) is 21.8. The van der Waals surface area contributed by atoms with Gasteiger partial charge in [-0.15, -0.1) is 0 Å². The molecule has 0 unspecified atom stereocenters. The summed E-state index contributed by atoms with van der Waals surface area (Å²) in [6.07, 6.45) is 11.1. The highest BCUT2D eigenvalue weighted by atomic mass is 16.3. The maximum atomic E-state index is 5.64. The van der Waals surface area contributed by atoms with Crippen molar-refractivity contribution in [2.75, 3.05) is 23.7 Å². The van der Waals surface area contributed by atoms with Crippen molar-refractivity contribution in [3.63, 3.8) is 0 Å². The smallest absolute Gasteiger partial charge is 0.226 e. The van der Waals surface area contributed by atoms with E-state index in [1.807, 2.05) is 36.8 Å². The predicted octanol–water partition coefficient (Wildman–Crippen LogP) is 3.97. The monoisotopic (exact) mass is 432 g/mol. The SMILES string of the molecule is NCCCNc1nc(NCc2ccc(-c3ccco3)nc2)c2ncn(C3CCCC3)c2n1. The van der Waals surface area contributed by atoms with E-state index in [-0.39, 0.29) is 0 Å². The van der Waals surface area contributed by atoms with E-state index in [0.29, 0.717) is 25.1 Å². The Hall–Kier alpha value is -3.46. The Kier molecular flexibility index (Phi) is 5.98. The van der Waals surface area contributed by atoms with E-state index in [4.69, 9.17) is 20.1 Å². The molecular weight excluding hydrogens is 404 g/mol. The van der Waals surface area contributed by atoms with E-state index in [1.54, 1.807) is 6.26 Å². The summed E-state index contributed by atoms with van der Waals surface area (Å²) in [4.78, 5) is 18.7. The van der Waals surface area contributed by atoms with Gasteiger partial charge in [-0.3, -0.25) is 4.98 Å². The van der Waals surface area contributed by atoms with Crippen molar-refractivity contribution >= 4 is 22.9 Å². The zero-order valence-electron chi connectivity index (χ0n) is 18.0. The van der Waals surface area contributed by atoms with Crippen molar-refractivity contribution in [2.45, 2.75) is 44.7 Å². The van der Waals surface area contributed by atoms with Gasteiger partial charge >= 0.3 is 0 Å². The summed E-state index contributed by atoms with van der Waals surface area (Å²) in [7, 11) is 0.